The Hall–Kier alpha value is -0.650. The first-order valence-electron chi connectivity index (χ1n) is 7.87. The molecule has 0 aromatic heterocycles. The second-order valence-corrected chi connectivity index (χ2v) is 6.17. The molecule has 1 heterocycles. The molecule has 2 aliphatic rings. The monoisotopic (exact) mass is 284 g/mol. The molecule has 0 aromatic carbocycles. The van der Waals surface area contributed by atoms with Crippen LogP contribution >= 0.6 is 0 Å². The summed E-state index contributed by atoms with van der Waals surface area (Å²) in [6.07, 6.45) is 7.38. The van der Waals surface area contributed by atoms with Crippen molar-refractivity contribution in [3.63, 3.8) is 0 Å². The summed E-state index contributed by atoms with van der Waals surface area (Å²) in [5, 5.41) is 12.4. The van der Waals surface area contributed by atoms with Crippen LogP contribution in [0.1, 0.15) is 38.5 Å². The quantitative estimate of drug-likeness (QED) is 0.756. The second-order valence-electron chi connectivity index (χ2n) is 6.17. The molecule has 1 aliphatic carbocycles. The van der Waals surface area contributed by atoms with Gasteiger partial charge in [-0.1, -0.05) is 19.3 Å². The van der Waals surface area contributed by atoms with E-state index in [-0.39, 0.29) is 24.7 Å². The number of carbonyl (C=O) groups excluding carboxylic acids is 1. The maximum atomic E-state index is 12.0. The number of hydrogen-bond donors (Lipinski definition) is 2. The number of carbonyl (C=O) groups is 1. The van der Waals surface area contributed by atoms with Crippen molar-refractivity contribution in [2.75, 3.05) is 33.4 Å². The fraction of sp³-hybridized carbons (Fsp3) is 0.933. The van der Waals surface area contributed by atoms with Crippen LogP contribution in [0.4, 0.5) is 0 Å². The number of rotatable bonds is 6. The van der Waals surface area contributed by atoms with Gasteiger partial charge in [0.2, 0.25) is 5.91 Å². The van der Waals surface area contributed by atoms with Gasteiger partial charge in [-0.15, -0.1) is 0 Å². The summed E-state index contributed by atoms with van der Waals surface area (Å²) in [4.78, 5) is 14.1. The van der Waals surface area contributed by atoms with Crippen LogP contribution in [0.25, 0.3) is 0 Å². The van der Waals surface area contributed by atoms with Crippen LogP contribution in [0.3, 0.4) is 0 Å². The van der Waals surface area contributed by atoms with Crippen molar-refractivity contribution in [2.45, 2.75) is 50.7 Å². The maximum absolute atomic E-state index is 12.0. The first-order valence-corrected chi connectivity index (χ1v) is 7.87. The third-order valence-corrected chi connectivity index (χ3v) is 4.69. The van der Waals surface area contributed by atoms with Gasteiger partial charge >= 0.3 is 0 Å². The Labute approximate surface area is 121 Å². The summed E-state index contributed by atoms with van der Waals surface area (Å²) in [5.74, 6) is 0.734. The zero-order valence-corrected chi connectivity index (χ0v) is 12.5. The van der Waals surface area contributed by atoms with Crippen LogP contribution < -0.4 is 5.32 Å². The Morgan fingerprint density at radius 3 is 2.75 bits per heavy atom. The molecule has 1 aliphatic heterocycles. The van der Waals surface area contributed by atoms with Crippen molar-refractivity contribution in [3.8, 4) is 0 Å². The largest absolute Gasteiger partial charge is 0.395 e. The SMILES string of the molecule is CO[C@H]1C[C@@H](CO)N(CC(=O)NCC2CCCCC2)C1. The van der Waals surface area contributed by atoms with E-state index >= 15 is 0 Å². The summed E-state index contributed by atoms with van der Waals surface area (Å²) < 4.78 is 5.33. The van der Waals surface area contributed by atoms with E-state index in [0.29, 0.717) is 12.5 Å². The molecule has 1 amide bonds. The molecule has 0 unspecified atom stereocenters. The average molecular weight is 284 g/mol. The van der Waals surface area contributed by atoms with E-state index in [1.54, 1.807) is 7.11 Å². The lowest BCUT2D eigenvalue weighted by Crippen LogP contribution is -2.42. The Kier molecular flexibility index (Phi) is 6.26. The minimum atomic E-state index is 0.0559. The Balaban J connectivity index is 1.70. The van der Waals surface area contributed by atoms with E-state index in [2.05, 4.69) is 5.32 Å². The van der Waals surface area contributed by atoms with E-state index < -0.39 is 0 Å². The second kappa shape index (κ2) is 7.96. The van der Waals surface area contributed by atoms with Crippen LogP contribution in [0.5, 0.6) is 0 Å². The van der Waals surface area contributed by atoms with Crippen LogP contribution in [-0.4, -0.2) is 61.4 Å². The Morgan fingerprint density at radius 1 is 1.35 bits per heavy atom. The van der Waals surface area contributed by atoms with Gasteiger partial charge < -0.3 is 15.2 Å². The highest BCUT2D eigenvalue weighted by atomic mass is 16.5. The van der Waals surface area contributed by atoms with E-state index in [4.69, 9.17) is 4.74 Å². The minimum absolute atomic E-state index is 0.0559. The lowest BCUT2D eigenvalue weighted by atomic mass is 9.89. The summed E-state index contributed by atoms with van der Waals surface area (Å²) in [7, 11) is 1.69. The van der Waals surface area contributed by atoms with Crippen molar-refractivity contribution in [3.05, 3.63) is 0 Å². The fourth-order valence-electron chi connectivity index (χ4n) is 3.38. The molecule has 0 radical (unpaired) electrons. The summed E-state index contributed by atoms with van der Waals surface area (Å²) in [5.41, 5.74) is 0. The molecule has 2 atom stereocenters. The first-order chi connectivity index (χ1) is 9.72. The van der Waals surface area contributed by atoms with Gasteiger partial charge in [-0.2, -0.15) is 0 Å². The molecule has 5 heteroatoms. The molecule has 2 N–H and O–H groups in total. The van der Waals surface area contributed by atoms with Crippen molar-refractivity contribution >= 4 is 5.91 Å². The molecule has 5 nitrogen and oxygen atoms in total. The molecule has 0 spiro atoms. The van der Waals surface area contributed by atoms with Crippen molar-refractivity contribution < 1.29 is 14.6 Å². The van der Waals surface area contributed by atoms with Crippen LogP contribution in [0.2, 0.25) is 0 Å². The first kappa shape index (κ1) is 15.7. The standard InChI is InChI=1S/C15H28N2O3/c1-20-14-7-13(11-18)17(9-14)10-15(19)16-8-12-5-3-2-4-6-12/h12-14,18H,2-11H2,1H3,(H,16,19)/t13-,14-/m0/s1. The Bertz CT molecular complexity index is 305. The number of aliphatic hydroxyl groups excluding tert-OH is 1. The van der Waals surface area contributed by atoms with E-state index in [9.17, 15) is 9.90 Å². The number of likely N-dealkylation sites (tertiary alicyclic amines) is 1. The number of amides is 1. The van der Waals surface area contributed by atoms with Crippen LogP contribution in [0, 0.1) is 5.92 Å². The normalized spacial score (nSPS) is 28.7. The minimum Gasteiger partial charge on any atom is -0.395 e. The summed E-state index contributed by atoms with van der Waals surface area (Å²) in [6.45, 7) is 2.01. The molecular formula is C15H28N2O3. The fourth-order valence-corrected chi connectivity index (χ4v) is 3.38. The number of nitrogens with zero attached hydrogens (tertiary/aromatic N) is 1. The third kappa shape index (κ3) is 4.43. The highest BCUT2D eigenvalue weighted by Gasteiger charge is 2.32. The van der Waals surface area contributed by atoms with E-state index in [0.717, 1.165) is 19.5 Å². The summed E-state index contributed by atoms with van der Waals surface area (Å²) in [6, 6.07) is 0.0559. The number of nitrogens with one attached hydrogen (secondary N) is 1. The number of hydrogen-bond acceptors (Lipinski definition) is 4. The van der Waals surface area contributed by atoms with Crippen LogP contribution in [-0.2, 0) is 9.53 Å². The van der Waals surface area contributed by atoms with Gasteiger partial charge in [0.25, 0.3) is 0 Å². The average Bonchev–Trinajstić information content (AvgIpc) is 2.88. The van der Waals surface area contributed by atoms with Crippen molar-refractivity contribution in [2.24, 2.45) is 5.92 Å². The predicted molar refractivity (Wildman–Crippen MR) is 77.4 cm³/mol. The van der Waals surface area contributed by atoms with Gasteiger partial charge in [0.05, 0.1) is 19.3 Å². The number of ether oxygens (including phenoxy) is 1. The number of aliphatic hydroxyl groups is 1. The molecule has 2 rings (SSSR count). The predicted octanol–water partition coefficient (Wildman–Crippen LogP) is 0.764. The zero-order valence-electron chi connectivity index (χ0n) is 12.5. The molecule has 1 saturated heterocycles. The third-order valence-electron chi connectivity index (χ3n) is 4.69. The molecular weight excluding hydrogens is 256 g/mol. The van der Waals surface area contributed by atoms with E-state index in [1.165, 1.54) is 32.1 Å². The molecule has 20 heavy (non-hydrogen) atoms. The maximum Gasteiger partial charge on any atom is 0.234 e. The van der Waals surface area contributed by atoms with Gasteiger partial charge in [0.1, 0.15) is 0 Å². The lowest BCUT2D eigenvalue weighted by molar-refractivity contribution is -0.122. The topological polar surface area (TPSA) is 61.8 Å². The Morgan fingerprint density at radius 2 is 2.10 bits per heavy atom. The van der Waals surface area contributed by atoms with Gasteiger partial charge in [0, 0.05) is 26.2 Å². The van der Waals surface area contributed by atoms with Gasteiger partial charge in [0.15, 0.2) is 0 Å². The molecule has 1 saturated carbocycles. The van der Waals surface area contributed by atoms with Gasteiger partial charge in [-0.05, 0) is 25.2 Å². The molecule has 116 valence electrons. The van der Waals surface area contributed by atoms with E-state index in [1.807, 2.05) is 4.90 Å². The summed E-state index contributed by atoms with van der Waals surface area (Å²) >= 11 is 0. The molecule has 0 aromatic rings. The smallest absolute Gasteiger partial charge is 0.234 e. The number of methoxy groups -OCH3 is 1. The van der Waals surface area contributed by atoms with Crippen molar-refractivity contribution in [1.29, 1.82) is 0 Å². The highest BCUT2D eigenvalue weighted by molar-refractivity contribution is 5.78. The molecule has 2 fully saturated rings. The van der Waals surface area contributed by atoms with Crippen molar-refractivity contribution in [1.82, 2.24) is 10.2 Å². The van der Waals surface area contributed by atoms with Crippen LogP contribution in [0.15, 0.2) is 0 Å². The molecule has 0 bridgehead atoms. The zero-order chi connectivity index (χ0) is 14.4. The highest BCUT2D eigenvalue weighted by Crippen LogP contribution is 2.23. The van der Waals surface area contributed by atoms with Gasteiger partial charge in [-0.3, -0.25) is 9.69 Å². The lowest BCUT2D eigenvalue weighted by Gasteiger charge is -2.24. The van der Waals surface area contributed by atoms with Gasteiger partial charge in [-0.25, -0.2) is 0 Å².